The first-order valence-corrected chi connectivity index (χ1v) is 13.8. The van der Waals surface area contributed by atoms with Gasteiger partial charge in [0.1, 0.15) is 12.9 Å². The van der Waals surface area contributed by atoms with Gasteiger partial charge in [-0.15, -0.1) is 10.2 Å². The fourth-order valence-electron chi connectivity index (χ4n) is 5.23. The highest BCUT2D eigenvalue weighted by molar-refractivity contribution is 6.30. The molecule has 0 aliphatic carbocycles. The third-order valence-corrected chi connectivity index (χ3v) is 7.65. The molecule has 1 fully saturated rings. The van der Waals surface area contributed by atoms with E-state index < -0.39 is 24.5 Å². The topological polar surface area (TPSA) is 111 Å². The highest BCUT2D eigenvalue weighted by Crippen LogP contribution is 2.27. The van der Waals surface area contributed by atoms with Crippen molar-refractivity contribution in [1.29, 1.82) is 0 Å². The molecule has 3 atom stereocenters. The summed E-state index contributed by atoms with van der Waals surface area (Å²) in [5.74, 6) is -0.0593. The lowest BCUT2D eigenvalue weighted by Gasteiger charge is -2.39. The molecule has 1 amide bonds. The van der Waals surface area contributed by atoms with Gasteiger partial charge in [0.2, 0.25) is 0 Å². The molecule has 3 heterocycles. The van der Waals surface area contributed by atoms with Crippen LogP contribution in [0, 0.1) is 0 Å². The minimum Gasteiger partial charge on any atom is -0.382 e. The number of carbonyl (C=O) groups excluding carboxylic acids is 1. The molecule has 42 heavy (non-hydrogen) atoms. The van der Waals surface area contributed by atoms with Gasteiger partial charge in [-0.25, -0.2) is 19.1 Å². The summed E-state index contributed by atoms with van der Waals surface area (Å²) in [5, 5.41) is 18.8. The van der Waals surface area contributed by atoms with Crippen molar-refractivity contribution in [3.63, 3.8) is 0 Å². The zero-order chi connectivity index (χ0) is 30.2. The number of amides is 1. The molecule has 2 aromatic heterocycles. The SMILES string of the molecule is CC1CCCC(C)N1C(=O)c1ccccc1-n1cnc(Cn2nc(-c3ccc(Cl)cc3)n(CC(O)C(F)(F)F)c2=O)n1. The van der Waals surface area contributed by atoms with Crippen LogP contribution in [-0.4, -0.2) is 69.4 Å². The quantitative estimate of drug-likeness (QED) is 0.337. The van der Waals surface area contributed by atoms with Gasteiger partial charge in [0.25, 0.3) is 5.91 Å². The largest absolute Gasteiger partial charge is 0.416 e. The average Bonchev–Trinajstić information content (AvgIpc) is 3.53. The summed E-state index contributed by atoms with van der Waals surface area (Å²) in [4.78, 5) is 33.0. The second kappa shape index (κ2) is 11.7. The summed E-state index contributed by atoms with van der Waals surface area (Å²) in [5.41, 5.74) is 0.390. The number of alkyl halides is 3. The summed E-state index contributed by atoms with van der Waals surface area (Å²) in [7, 11) is 0. The first-order valence-electron chi connectivity index (χ1n) is 13.4. The monoisotopic (exact) mass is 603 g/mol. The Morgan fingerprint density at radius 1 is 1.07 bits per heavy atom. The Balaban J connectivity index is 1.46. The number of carbonyl (C=O) groups is 1. The number of aromatic nitrogens is 6. The summed E-state index contributed by atoms with van der Waals surface area (Å²) >= 11 is 5.94. The summed E-state index contributed by atoms with van der Waals surface area (Å²) in [6, 6.07) is 13.2. The van der Waals surface area contributed by atoms with E-state index in [0.717, 1.165) is 28.5 Å². The lowest BCUT2D eigenvalue weighted by Crippen LogP contribution is -2.47. The van der Waals surface area contributed by atoms with E-state index in [1.54, 1.807) is 24.3 Å². The van der Waals surface area contributed by atoms with Crippen molar-refractivity contribution < 1.29 is 23.1 Å². The van der Waals surface area contributed by atoms with E-state index in [4.69, 9.17) is 11.6 Å². The first kappa shape index (κ1) is 29.5. The van der Waals surface area contributed by atoms with E-state index >= 15 is 0 Å². The Bertz CT molecular complexity index is 1620. The summed E-state index contributed by atoms with van der Waals surface area (Å²) in [6.07, 6.45) is -3.41. The van der Waals surface area contributed by atoms with E-state index in [2.05, 4.69) is 15.2 Å². The van der Waals surface area contributed by atoms with E-state index in [1.165, 1.54) is 35.3 Å². The number of aliphatic hydroxyl groups is 1. The lowest BCUT2D eigenvalue weighted by molar-refractivity contribution is -0.207. The van der Waals surface area contributed by atoms with Crippen LogP contribution in [0.4, 0.5) is 13.2 Å². The maximum Gasteiger partial charge on any atom is 0.416 e. The van der Waals surface area contributed by atoms with Crippen LogP contribution in [0.3, 0.4) is 0 Å². The van der Waals surface area contributed by atoms with Crippen LogP contribution in [0.5, 0.6) is 0 Å². The van der Waals surface area contributed by atoms with Crippen LogP contribution in [-0.2, 0) is 13.1 Å². The zero-order valence-electron chi connectivity index (χ0n) is 22.9. The average molecular weight is 604 g/mol. The van der Waals surface area contributed by atoms with E-state index in [-0.39, 0.29) is 36.2 Å². The van der Waals surface area contributed by atoms with Crippen LogP contribution < -0.4 is 5.69 Å². The van der Waals surface area contributed by atoms with Crippen molar-refractivity contribution in [3.8, 4) is 17.1 Å². The molecule has 14 heteroatoms. The molecule has 2 aromatic carbocycles. The second-order valence-corrected chi connectivity index (χ2v) is 10.8. The Morgan fingerprint density at radius 2 is 1.74 bits per heavy atom. The van der Waals surface area contributed by atoms with Gasteiger partial charge in [-0.3, -0.25) is 9.36 Å². The Labute approximate surface area is 244 Å². The van der Waals surface area contributed by atoms with E-state index in [1.807, 2.05) is 18.7 Å². The molecule has 1 saturated heterocycles. The number of halogens is 4. The maximum atomic E-state index is 13.6. The fraction of sp³-hybridized carbons (Fsp3) is 0.393. The van der Waals surface area contributed by atoms with E-state index in [9.17, 15) is 27.9 Å². The first-order chi connectivity index (χ1) is 19.9. The van der Waals surface area contributed by atoms with Crippen molar-refractivity contribution in [2.24, 2.45) is 0 Å². The van der Waals surface area contributed by atoms with Crippen molar-refractivity contribution in [1.82, 2.24) is 34.0 Å². The van der Waals surface area contributed by atoms with Gasteiger partial charge in [0, 0.05) is 22.7 Å². The minimum atomic E-state index is -4.94. The predicted octanol–water partition coefficient (Wildman–Crippen LogP) is 4.32. The molecular weight excluding hydrogens is 575 g/mol. The van der Waals surface area contributed by atoms with Crippen molar-refractivity contribution in [2.75, 3.05) is 0 Å². The van der Waals surface area contributed by atoms with Crippen LogP contribution >= 0.6 is 11.6 Å². The molecule has 222 valence electrons. The molecule has 0 spiro atoms. The molecule has 3 unspecified atom stereocenters. The number of aliphatic hydroxyl groups excluding tert-OH is 1. The Hall–Kier alpha value is -3.97. The van der Waals surface area contributed by atoms with Crippen LogP contribution in [0.15, 0.2) is 59.7 Å². The van der Waals surface area contributed by atoms with E-state index in [0.29, 0.717) is 21.8 Å². The normalized spacial score (nSPS) is 18.3. The van der Waals surface area contributed by atoms with Crippen LogP contribution in [0.25, 0.3) is 17.1 Å². The summed E-state index contributed by atoms with van der Waals surface area (Å²) in [6.45, 7) is 2.75. The number of benzene rings is 2. The molecule has 0 radical (unpaired) electrons. The lowest BCUT2D eigenvalue weighted by atomic mass is 9.96. The molecule has 10 nitrogen and oxygen atoms in total. The third kappa shape index (κ3) is 5.97. The minimum absolute atomic E-state index is 0.0832. The Kier molecular flexibility index (Phi) is 8.24. The van der Waals surface area contributed by atoms with Gasteiger partial charge >= 0.3 is 11.9 Å². The number of nitrogens with zero attached hydrogens (tertiary/aromatic N) is 7. The highest BCUT2D eigenvalue weighted by atomic mass is 35.5. The van der Waals surface area contributed by atoms with Gasteiger partial charge < -0.3 is 10.0 Å². The smallest absolute Gasteiger partial charge is 0.382 e. The predicted molar refractivity (Wildman–Crippen MR) is 148 cm³/mol. The van der Waals surface area contributed by atoms with Gasteiger partial charge in [-0.2, -0.15) is 13.2 Å². The van der Waals surface area contributed by atoms with Gasteiger partial charge in [-0.1, -0.05) is 23.7 Å². The molecule has 5 rings (SSSR count). The van der Waals surface area contributed by atoms with Gasteiger partial charge in [0.15, 0.2) is 17.8 Å². The zero-order valence-corrected chi connectivity index (χ0v) is 23.6. The summed E-state index contributed by atoms with van der Waals surface area (Å²) < 4.78 is 42.6. The van der Waals surface area contributed by atoms with Crippen molar-refractivity contribution in [3.05, 3.63) is 81.8 Å². The van der Waals surface area contributed by atoms with Crippen LogP contribution in [0.2, 0.25) is 5.02 Å². The van der Waals surface area contributed by atoms with Gasteiger partial charge in [0.05, 0.1) is 17.8 Å². The Morgan fingerprint density at radius 3 is 2.40 bits per heavy atom. The number of piperidine rings is 1. The molecule has 0 saturated carbocycles. The molecule has 1 aliphatic rings. The highest BCUT2D eigenvalue weighted by Gasteiger charge is 2.39. The number of hydrogen-bond donors (Lipinski definition) is 1. The number of hydrogen-bond acceptors (Lipinski definition) is 6. The van der Waals surface area contributed by atoms with Crippen molar-refractivity contribution >= 4 is 17.5 Å². The van der Waals surface area contributed by atoms with Gasteiger partial charge in [-0.05, 0) is 69.5 Å². The molecule has 4 aromatic rings. The number of rotatable bonds is 7. The number of para-hydroxylation sites is 1. The third-order valence-electron chi connectivity index (χ3n) is 7.40. The maximum absolute atomic E-state index is 13.6. The molecule has 1 N–H and O–H groups in total. The van der Waals surface area contributed by atoms with Crippen molar-refractivity contribution in [2.45, 2.75) is 70.6 Å². The molecule has 1 aliphatic heterocycles. The number of likely N-dealkylation sites (tertiary alicyclic amines) is 1. The molecular formula is C28H29ClF3N7O3. The van der Waals surface area contributed by atoms with Crippen LogP contribution in [0.1, 0.15) is 49.3 Å². The molecule has 0 bridgehead atoms. The second-order valence-electron chi connectivity index (χ2n) is 10.4. The standard InChI is InChI=1S/C28H29ClF3N7O3/c1-17-6-5-7-18(2)39(17)26(41)21-8-3-4-9-22(21)38-16-33-24(34-38)15-37-27(42)36(14-23(40)28(30,31)32)25(35-37)19-10-12-20(29)13-11-19/h3-4,8-13,16-18,23,40H,5-7,14-15H2,1-2H3. The fourth-order valence-corrected chi connectivity index (χ4v) is 5.36.